The van der Waals surface area contributed by atoms with E-state index in [1.807, 2.05) is 24.3 Å². The lowest BCUT2D eigenvalue weighted by molar-refractivity contribution is 0.0921. The number of furan rings is 1. The standard InChI is InChI=1S/C14H15BrN2O4S/c1-16-22(19,20)13-6-5-12(21-13)14(18)17-8-7-10-3-2-4-11(15)9-10/h2-6,9,16H,7-8H2,1H3,(H,17,18). The molecule has 2 N–H and O–H groups in total. The molecule has 0 aliphatic carbocycles. The highest BCUT2D eigenvalue weighted by molar-refractivity contribution is 9.10. The van der Waals surface area contributed by atoms with E-state index >= 15 is 0 Å². The van der Waals surface area contributed by atoms with Crippen LogP contribution < -0.4 is 10.0 Å². The van der Waals surface area contributed by atoms with Gasteiger partial charge in [0.1, 0.15) is 0 Å². The first kappa shape index (κ1) is 16.7. The number of sulfonamides is 1. The summed E-state index contributed by atoms with van der Waals surface area (Å²) in [5.41, 5.74) is 1.08. The molecule has 0 unspecified atom stereocenters. The number of rotatable bonds is 6. The van der Waals surface area contributed by atoms with Crippen molar-refractivity contribution in [3.63, 3.8) is 0 Å². The summed E-state index contributed by atoms with van der Waals surface area (Å²) in [6.45, 7) is 0.421. The summed E-state index contributed by atoms with van der Waals surface area (Å²) in [5.74, 6) is -0.490. The Kier molecular flexibility index (Phi) is 5.38. The Morgan fingerprint density at radius 3 is 2.73 bits per heavy atom. The van der Waals surface area contributed by atoms with E-state index in [0.717, 1.165) is 10.0 Å². The van der Waals surface area contributed by atoms with E-state index in [4.69, 9.17) is 4.42 Å². The predicted molar refractivity (Wildman–Crippen MR) is 85.1 cm³/mol. The van der Waals surface area contributed by atoms with Crippen LogP contribution in [0.3, 0.4) is 0 Å². The molecule has 0 bridgehead atoms. The number of hydrogen-bond donors (Lipinski definition) is 2. The number of benzene rings is 1. The van der Waals surface area contributed by atoms with Crippen LogP contribution in [0.5, 0.6) is 0 Å². The Balaban J connectivity index is 1.93. The number of carbonyl (C=O) groups excluding carboxylic acids is 1. The summed E-state index contributed by atoms with van der Waals surface area (Å²) >= 11 is 3.38. The van der Waals surface area contributed by atoms with Crippen LogP contribution in [0.4, 0.5) is 0 Å². The first-order valence-corrected chi connectivity index (χ1v) is 8.76. The number of amides is 1. The average Bonchev–Trinajstić information content (AvgIpc) is 2.98. The normalized spacial score (nSPS) is 11.4. The molecular formula is C14H15BrN2O4S. The fraction of sp³-hybridized carbons (Fsp3) is 0.214. The summed E-state index contributed by atoms with van der Waals surface area (Å²) in [6, 6.07) is 10.4. The highest BCUT2D eigenvalue weighted by atomic mass is 79.9. The van der Waals surface area contributed by atoms with Crippen molar-refractivity contribution < 1.29 is 17.6 Å². The maximum Gasteiger partial charge on any atom is 0.287 e. The van der Waals surface area contributed by atoms with Crippen molar-refractivity contribution in [2.45, 2.75) is 11.5 Å². The van der Waals surface area contributed by atoms with Crippen LogP contribution in [0, 0.1) is 0 Å². The van der Waals surface area contributed by atoms with Crippen LogP contribution in [0.15, 0.2) is 50.4 Å². The Morgan fingerprint density at radius 1 is 1.27 bits per heavy atom. The fourth-order valence-electron chi connectivity index (χ4n) is 1.79. The van der Waals surface area contributed by atoms with Crippen molar-refractivity contribution in [2.75, 3.05) is 13.6 Å². The smallest absolute Gasteiger partial charge is 0.287 e. The minimum Gasteiger partial charge on any atom is -0.438 e. The third kappa shape index (κ3) is 4.19. The quantitative estimate of drug-likeness (QED) is 0.793. The molecule has 22 heavy (non-hydrogen) atoms. The van der Waals surface area contributed by atoms with Crippen molar-refractivity contribution in [1.82, 2.24) is 10.0 Å². The monoisotopic (exact) mass is 386 g/mol. The third-order valence-electron chi connectivity index (χ3n) is 2.93. The maximum absolute atomic E-state index is 11.9. The Labute approximate surface area is 137 Å². The topological polar surface area (TPSA) is 88.4 Å². The molecule has 0 fully saturated rings. The van der Waals surface area contributed by atoms with Crippen LogP contribution >= 0.6 is 15.9 Å². The lowest BCUT2D eigenvalue weighted by Gasteiger charge is -2.04. The molecule has 1 aromatic carbocycles. The molecule has 2 rings (SSSR count). The zero-order valence-electron chi connectivity index (χ0n) is 11.8. The van der Waals surface area contributed by atoms with E-state index in [0.29, 0.717) is 13.0 Å². The molecule has 6 nitrogen and oxygen atoms in total. The van der Waals surface area contributed by atoms with Crippen molar-refractivity contribution in [2.24, 2.45) is 0 Å². The van der Waals surface area contributed by atoms with Crippen LogP contribution in [-0.2, 0) is 16.4 Å². The first-order chi connectivity index (χ1) is 10.4. The van der Waals surface area contributed by atoms with Crippen LogP contribution in [-0.4, -0.2) is 27.9 Å². The highest BCUT2D eigenvalue weighted by Crippen LogP contribution is 2.14. The molecule has 0 aliphatic heterocycles. The van der Waals surface area contributed by atoms with Gasteiger partial charge < -0.3 is 9.73 Å². The second kappa shape index (κ2) is 7.08. The van der Waals surface area contributed by atoms with Crippen LogP contribution in [0.25, 0.3) is 0 Å². The molecule has 0 saturated carbocycles. The number of halogens is 1. The molecule has 0 saturated heterocycles. The van der Waals surface area contributed by atoms with Crippen molar-refractivity contribution in [1.29, 1.82) is 0 Å². The van der Waals surface area contributed by atoms with Gasteiger partial charge >= 0.3 is 0 Å². The molecule has 0 radical (unpaired) electrons. The summed E-state index contributed by atoms with van der Waals surface area (Å²) in [5, 5.41) is 2.40. The van der Waals surface area contributed by atoms with E-state index in [-0.39, 0.29) is 10.9 Å². The van der Waals surface area contributed by atoms with Gasteiger partial charge in [0.2, 0.25) is 5.09 Å². The Bertz CT molecular complexity index is 771. The molecule has 2 aromatic rings. The van der Waals surface area contributed by atoms with Gasteiger partial charge in [-0.15, -0.1) is 0 Å². The van der Waals surface area contributed by atoms with Crippen LogP contribution in [0.2, 0.25) is 0 Å². The maximum atomic E-state index is 11.9. The average molecular weight is 387 g/mol. The van der Waals surface area contributed by atoms with Gasteiger partial charge in [-0.25, -0.2) is 13.1 Å². The van der Waals surface area contributed by atoms with Gasteiger partial charge in [0.05, 0.1) is 0 Å². The largest absolute Gasteiger partial charge is 0.438 e. The van der Waals surface area contributed by atoms with Gasteiger partial charge in [-0.3, -0.25) is 4.79 Å². The highest BCUT2D eigenvalue weighted by Gasteiger charge is 2.19. The lowest BCUT2D eigenvalue weighted by Crippen LogP contribution is -2.25. The molecule has 0 atom stereocenters. The molecule has 0 aliphatic rings. The van der Waals surface area contributed by atoms with Gasteiger partial charge in [-0.1, -0.05) is 28.1 Å². The third-order valence-corrected chi connectivity index (χ3v) is 4.71. The molecule has 1 amide bonds. The molecular weight excluding hydrogens is 372 g/mol. The summed E-state index contributed by atoms with van der Waals surface area (Å²) < 4.78 is 31.2. The van der Waals surface area contributed by atoms with Gasteiger partial charge in [0.15, 0.2) is 5.76 Å². The van der Waals surface area contributed by atoms with E-state index < -0.39 is 15.9 Å². The predicted octanol–water partition coefficient (Wildman–Crippen LogP) is 1.92. The molecule has 0 spiro atoms. The van der Waals surface area contributed by atoms with Gasteiger partial charge in [0.25, 0.3) is 15.9 Å². The molecule has 1 aromatic heterocycles. The van der Waals surface area contributed by atoms with Crippen molar-refractivity contribution in [3.05, 3.63) is 52.2 Å². The molecule has 8 heteroatoms. The van der Waals surface area contributed by atoms with Crippen molar-refractivity contribution >= 4 is 31.9 Å². The second-order valence-corrected chi connectivity index (χ2v) is 7.20. The van der Waals surface area contributed by atoms with Crippen LogP contribution in [0.1, 0.15) is 16.1 Å². The lowest BCUT2D eigenvalue weighted by atomic mass is 10.1. The molecule has 1 heterocycles. The van der Waals surface area contributed by atoms with Gasteiger partial charge in [-0.2, -0.15) is 0 Å². The number of hydrogen-bond acceptors (Lipinski definition) is 4. The second-order valence-electron chi connectivity index (χ2n) is 4.46. The zero-order chi connectivity index (χ0) is 16.2. The van der Waals surface area contributed by atoms with E-state index in [1.165, 1.54) is 19.2 Å². The zero-order valence-corrected chi connectivity index (χ0v) is 14.2. The minimum absolute atomic E-state index is 0.0388. The van der Waals surface area contributed by atoms with Gasteiger partial charge in [-0.05, 0) is 43.3 Å². The van der Waals surface area contributed by atoms with E-state index in [9.17, 15) is 13.2 Å². The number of nitrogens with one attached hydrogen (secondary N) is 2. The summed E-state index contributed by atoms with van der Waals surface area (Å²) in [6.07, 6.45) is 0.660. The summed E-state index contributed by atoms with van der Waals surface area (Å²) in [7, 11) is -2.41. The van der Waals surface area contributed by atoms with E-state index in [1.54, 1.807) is 0 Å². The number of carbonyl (C=O) groups is 1. The molecule has 118 valence electrons. The Morgan fingerprint density at radius 2 is 2.05 bits per heavy atom. The van der Waals surface area contributed by atoms with E-state index in [2.05, 4.69) is 26.0 Å². The van der Waals surface area contributed by atoms with Crippen molar-refractivity contribution in [3.8, 4) is 0 Å². The summed E-state index contributed by atoms with van der Waals surface area (Å²) in [4.78, 5) is 11.9. The van der Waals surface area contributed by atoms with Gasteiger partial charge in [0, 0.05) is 11.0 Å². The fourth-order valence-corrected chi connectivity index (χ4v) is 2.88. The minimum atomic E-state index is -3.68. The first-order valence-electron chi connectivity index (χ1n) is 6.48. The SMILES string of the molecule is CNS(=O)(=O)c1ccc(C(=O)NCCc2cccc(Br)c2)o1. The Hall–Kier alpha value is -1.64.